The Kier molecular flexibility index (Phi) is 7.53. The predicted octanol–water partition coefficient (Wildman–Crippen LogP) is 3.41. The van der Waals surface area contributed by atoms with Crippen molar-refractivity contribution in [3.8, 4) is 5.75 Å². The number of hydrogen-bond donors (Lipinski definition) is 0. The van der Waals surface area contributed by atoms with Crippen LogP contribution in [0, 0.1) is 5.92 Å². The first-order valence-corrected chi connectivity index (χ1v) is 10.8. The highest BCUT2D eigenvalue weighted by atomic mass is 16.5. The van der Waals surface area contributed by atoms with E-state index in [2.05, 4.69) is 6.92 Å². The van der Waals surface area contributed by atoms with Gasteiger partial charge in [-0.2, -0.15) is 0 Å². The Morgan fingerprint density at radius 2 is 1.86 bits per heavy atom. The molecule has 1 aromatic carbocycles. The topological polar surface area (TPSA) is 59.1 Å². The number of para-hydroxylation sites is 1. The van der Waals surface area contributed by atoms with Gasteiger partial charge in [0.05, 0.1) is 25.2 Å². The molecule has 0 saturated carbocycles. The number of unbranched alkanes of at least 4 members (excludes halogenated alkanes) is 1. The van der Waals surface area contributed by atoms with Gasteiger partial charge in [0.2, 0.25) is 11.8 Å². The molecule has 2 fully saturated rings. The average molecular weight is 403 g/mol. The monoisotopic (exact) mass is 402 g/mol. The minimum absolute atomic E-state index is 0.136. The minimum Gasteiger partial charge on any atom is -0.496 e. The van der Waals surface area contributed by atoms with E-state index in [1.807, 2.05) is 34.1 Å². The molecule has 6 heteroatoms. The van der Waals surface area contributed by atoms with Crippen LogP contribution in [0.15, 0.2) is 24.3 Å². The number of amides is 2. The molecule has 3 rings (SSSR count). The Balaban J connectivity index is 1.90. The lowest BCUT2D eigenvalue weighted by molar-refractivity contribution is -0.149. The lowest BCUT2D eigenvalue weighted by atomic mass is 9.82. The summed E-state index contributed by atoms with van der Waals surface area (Å²) in [5.74, 6) is 0.797. The van der Waals surface area contributed by atoms with E-state index in [9.17, 15) is 9.59 Å². The number of nitrogens with zero attached hydrogens (tertiary/aromatic N) is 2. The first-order valence-electron chi connectivity index (χ1n) is 10.8. The molecular formula is C23H34N2O4. The Morgan fingerprint density at radius 3 is 2.52 bits per heavy atom. The molecule has 2 aliphatic rings. The van der Waals surface area contributed by atoms with Crippen LogP contribution in [-0.2, 0) is 14.3 Å². The van der Waals surface area contributed by atoms with Gasteiger partial charge in [-0.3, -0.25) is 9.59 Å². The van der Waals surface area contributed by atoms with E-state index in [1.54, 1.807) is 14.2 Å². The first kappa shape index (κ1) is 21.6. The predicted molar refractivity (Wildman–Crippen MR) is 112 cm³/mol. The van der Waals surface area contributed by atoms with Crippen LogP contribution in [0.1, 0.15) is 57.1 Å². The van der Waals surface area contributed by atoms with Crippen molar-refractivity contribution in [2.75, 3.05) is 33.9 Å². The van der Waals surface area contributed by atoms with Crippen molar-refractivity contribution in [2.24, 2.45) is 5.92 Å². The second-order valence-corrected chi connectivity index (χ2v) is 8.03. The first-order chi connectivity index (χ1) is 14.1. The van der Waals surface area contributed by atoms with Crippen molar-refractivity contribution in [1.82, 2.24) is 9.80 Å². The standard InChI is InChI=1S/C23H34N2O4/c1-4-5-14-25-21(26)11-10-19(22(25)18-8-6-7-9-20(18)29-3)23(27)24-15-12-17(28-2)13-16-24/h6-9,17,19,22H,4-5,10-16H2,1-3H3. The quantitative estimate of drug-likeness (QED) is 0.701. The molecule has 0 N–H and O–H groups in total. The Morgan fingerprint density at radius 1 is 1.14 bits per heavy atom. The van der Waals surface area contributed by atoms with Crippen LogP contribution in [0.4, 0.5) is 0 Å². The average Bonchev–Trinajstić information content (AvgIpc) is 2.77. The van der Waals surface area contributed by atoms with Crippen LogP contribution in [0.3, 0.4) is 0 Å². The summed E-state index contributed by atoms with van der Waals surface area (Å²) in [6, 6.07) is 7.53. The molecule has 2 unspecified atom stereocenters. The van der Waals surface area contributed by atoms with Crippen molar-refractivity contribution in [1.29, 1.82) is 0 Å². The molecule has 29 heavy (non-hydrogen) atoms. The number of carbonyl (C=O) groups is 2. The van der Waals surface area contributed by atoms with E-state index in [0.29, 0.717) is 19.4 Å². The second kappa shape index (κ2) is 10.1. The van der Waals surface area contributed by atoms with Crippen molar-refractivity contribution in [2.45, 2.75) is 57.6 Å². The number of piperidine rings is 2. The number of hydrogen-bond acceptors (Lipinski definition) is 4. The Labute approximate surface area is 174 Å². The molecule has 0 spiro atoms. The Hall–Kier alpha value is -2.08. The van der Waals surface area contributed by atoms with Gasteiger partial charge in [0, 0.05) is 38.7 Å². The zero-order chi connectivity index (χ0) is 20.8. The second-order valence-electron chi connectivity index (χ2n) is 8.03. The maximum absolute atomic E-state index is 13.6. The molecule has 6 nitrogen and oxygen atoms in total. The fourth-order valence-electron chi connectivity index (χ4n) is 4.65. The molecule has 2 saturated heterocycles. The van der Waals surface area contributed by atoms with Crippen LogP contribution in [0.25, 0.3) is 0 Å². The highest BCUT2D eigenvalue weighted by Gasteiger charge is 2.43. The molecule has 0 radical (unpaired) electrons. The van der Waals surface area contributed by atoms with E-state index in [1.165, 1.54) is 0 Å². The van der Waals surface area contributed by atoms with Gasteiger partial charge in [0.1, 0.15) is 5.75 Å². The third-order valence-corrected chi connectivity index (χ3v) is 6.32. The fraction of sp³-hybridized carbons (Fsp3) is 0.652. The Bertz CT molecular complexity index is 700. The summed E-state index contributed by atoms with van der Waals surface area (Å²) in [5, 5.41) is 0. The summed E-state index contributed by atoms with van der Waals surface area (Å²) in [5.41, 5.74) is 0.935. The SMILES string of the molecule is CCCCN1C(=O)CCC(C(=O)N2CCC(OC)CC2)C1c1ccccc1OC. The van der Waals surface area contributed by atoms with Gasteiger partial charge in [-0.15, -0.1) is 0 Å². The van der Waals surface area contributed by atoms with E-state index in [4.69, 9.17) is 9.47 Å². The van der Waals surface area contributed by atoms with Crippen molar-refractivity contribution < 1.29 is 19.1 Å². The third-order valence-electron chi connectivity index (χ3n) is 6.32. The maximum atomic E-state index is 13.6. The van der Waals surface area contributed by atoms with E-state index >= 15 is 0 Å². The fourth-order valence-corrected chi connectivity index (χ4v) is 4.65. The molecule has 2 aliphatic heterocycles. The number of methoxy groups -OCH3 is 2. The van der Waals surface area contributed by atoms with Crippen LogP contribution in [0.5, 0.6) is 5.75 Å². The van der Waals surface area contributed by atoms with Crippen LogP contribution in [0.2, 0.25) is 0 Å². The zero-order valence-corrected chi connectivity index (χ0v) is 17.9. The van der Waals surface area contributed by atoms with Gasteiger partial charge in [-0.1, -0.05) is 31.5 Å². The summed E-state index contributed by atoms with van der Waals surface area (Å²) in [4.78, 5) is 30.3. The van der Waals surface area contributed by atoms with Crippen molar-refractivity contribution in [3.63, 3.8) is 0 Å². The number of likely N-dealkylation sites (tertiary alicyclic amines) is 2. The van der Waals surface area contributed by atoms with Gasteiger partial charge >= 0.3 is 0 Å². The maximum Gasteiger partial charge on any atom is 0.228 e. The largest absolute Gasteiger partial charge is 0.496 e. The van der Waals surface area contributed by atoms with Crippen LogP contribution < -0.4 is 4.74 Å². The van der Waals surface area contributed by atoms with Gasteiger partial charge in [-0.05, 0) is 31.7 Å². The van der Waals surface area contributed by atoms with Crippen molar-refractivity contribution in [3.05, 3.63) is 29.8 Å². The van der Waals surface area contributed by atoms with Gasteiger partial charge in [0.15, 0.2) is 0 Å². The summed E-state index contributed by atoms with van der Waals surface area (Å²) in [6.45, 7) is 4.23. The smallest absolute Gasteiger partial charge is 0.228 e. The third kappa shape index (κ3) is 4.74. The molecule has 0 bridgehead atoms. The van der Waals surface area contributed by atoms with Crippen LogP contribution in [-0.4, -0.2) is 61.6 Å². The van der Waals surface area contributed by atoms with Gasteiger partial charge in [-0.25, -0.2) is 0 Å². The highest BCUT2D eigenvalue weighted by molar-refractivity contribution is 5.85. The van der Waals surface area contributed by atoms with Crippen molar-refractivity contribution >= 4 is 11.8 Å². The number of benzene rings is 1. The highest BCUT2D eigenvalue weighted by Crippen LogP contribution is 2.41. The molecule has 2 atom stereocenters. The van der Waals surface area contributed by atoms with Gasteiger partial charge in [0.25, 0.3) is 0 Å². The summed E-state index contributed by atoms with van der Waals surface area (Å²) in [7, 11) is 3.38. The summed E-state index contributed by atoms with van der Waals surface area (Å²) in [6.07, 6.45) is 4.92. The van der Waals surface area contributed by atoms with E-state index in [0.717, 1.165) is 50.1 Å². The summed E-state index contributed by atoms with van der Waals surface area (Å²) < 4.78 is 11.1. The molecule has 0 aromatic heterocycles. The number of rotatable bonds is 7. The molecule has 0 aliphatic carbocycles. The van der Waals surface area contributed by atoms with E-state index < -0.39 is 0 Å². The number of ether oxygens (including phenoxy) is 2. The zero-order valence-electron chi connectivity index (χ0n) is 17.9. The molecule has 160 valence electrons. The van der Waals surface area contributed by atoms with Gasteiger partial charge < -0.3 is 19.3 Å². The number of carbonyl (C=O) groups excluding carboxylic acids is 2. The lowest BCUT2D eigenvalue weighted by Crippen LogP contribution is -2.51. The molecule has 1 aromatic rings. The minimum atomic E-state index is -0.272. The lowest BCUT2D eigenvalue weighted by Gasteiger charge is -2.43. The normalized spacial score (nSPS) is 23.3. The van der Waals surface area contributed by atoms with E-state index in [-0.39, 0.29) is 29.9 Å². The molecular weight excluding hydrogens is 368 g/mol. The summed E-state index contributed by atoms with van der Waals surface area (Å²) >= 11 is 0. The molecule has 2 heterocycles. The molecule has 2 amide bonds. The van der Waals surface area contributed by atoms with Crippen LogP contribution >= 0.6 is 0 Å².